The molecular weight excluding hydrogens is 340 g/mol. The number of nitrogens with one attached hydrogen (secondary N) is 1. The van der Waals surface area contributed by atoms with E-state index < -0.39 is 10.0 Å². The molecule has 1 atom stereocenters. The molecule has 136 valence electrons. The number of likely N-dealkylation sites (N-methyl/N-ethyl adjacent to an activating group) is 1. The van der Waals surface area contributed by atoms with E-state index in [9.17, 15) is 8.42 Å². The van der Waals surface area contributed by atoms with E-state index in [1.165, 1.54) is 0 Å². The van der Waals surface area contributed by atoms with Crippen molar-refractivity contribution in [2.45, 2.75) is 17.9 Å². The summed E-state index contributed by atoms with van der Waals surface area (Å²) in [5.41, 5.74) is 0. The Morgan fingerprint density at radius 2 is 2.00 bits per heavy atom. The van der Waals surface area contributed by atoms with Crippen molar-refractivity contribution in [1.29, 1.82) is 0 Å². The van der Waals surface area contributed by atoms with Crippen molar-refractivity contribution in [3.63, 3.8) is 0 Å². The van der Waals surface area contributed by atoms with Gasteiger partial charge in [-0.2, -0.15) is 0 Å². The molecule has 1 aliphatic rings. The lowest BCUT2D eigenvalue weighted by atomic mass is 10.1. The zero-order valence-electron chi connectivity index (χ0n) is 14.6. The van der Waals surface area contributed by atoms with Gasteiger partial charge in [0.15, 0.2) is 0 Å². The smallest absolute Gasteiger partial charge is 0.241 e. The SMILES string of the molecule is CCOc1ccc(S(=O)(=O)NC[C@@H]2CN(C)CCO2)c2ccccc12. The second-order valence-electron chi connectivity index (χ2n) is 6.15. The zero-order chi connectivity index (χ0) is 17.9. The number of ether oxygens (including phenoxy) is 2. The Morgan fingerprint density at radius 3 is 2.72 bits per heavy atom. The number of benzene rings is 2. The van der Waals surface area contributed by atoms with E-state index in [0.717, 1.165) is 11.9 Å². The highest BCUT2D eigenvalue weighted by molar-refractivity contribution is 7.89. The van der Waals surface area contributed by atoms with Crippen LogP contribution in [0, 0.1) is 0 Å². The van der Waals surface area contributed by atoms with E-state index in [1.54, 1.807) is 18.2 Å². The third-order valence-electron chi connectivity index (χ3n) is 4.28. The molecule has 1 aliphatic heterocycles. The Balaban J connectivity index is 1.86. The minimum atomic E-state index is -3.64. The van der Waals surface area contributed by atoms with Crippen molar-refractivity contribution in [2.24, 2.45) is 0 Å². The number of hydrogen-bond donors (Lipinski definition) is 1. The van der Waals surface area contributed by atoms with Crippen molar-refractivity contribution in [3.05, 3.63) is 36.4 Å². The van der Waals surface area contributed by atoms with Crippen LogP contribution < -0.4 is 9.46 Å². The number of rotatable bonds is 6. The first-order chi connectivity index (χ1) is 12.0. The van der Waals surface area contributed by atoms with E-state index >= 15 is 0 Å². The highest BCUT2D eigenvalue weighted by Gasteiger charge is 2.23. The van der Waals surface area contributed by atoms with E-state index in [0.29, 0.717) is 30.9 Å². The molecule has 0 saturated carbocycles. The van der Waals surface area contributed by atoms with Crippen molar-refractivity contribution in [2.75, 3.05) is 39.9 Å². The van der Waals surface area contributed by atoms with Crippen LogP contribution in [0.25, 0.3) is 10.8 Å². The van der Waals surface area contributed by atoms with Crippen LogP contribution in [0.5, 0.6) is 5.75 Å². The first-order valence-electron chi connectivity index (χ1n) is 8.45. The van der Waals surface area contributed by atoms with Gasteiger partial charge in [-0.15, -0.1) is 0 Å². The molecule has 0 aliphatic carbocycles. The molecule has 2 aromatic carbocycles. The Morgan fingerprint density at radius 1 is 1.24 bits per heavy atom. The topological polar surface area (TPSA) is 67.9 Å². The maximum absolute atomic E-state index is 12.8. The molecule has 0 aromatic heterocycles. The fourth-order valence-corrected chi connectivity index (χ4v) is 4.31. The molecule has 0 spiro atoms. The molecule has 6 nitrogen and oxygen atoms in total. The monoisotopic (exact) mass is 364 g/mol. The number of hydrogen-bond acceptors (Lipinski definition) is 5. The lowest BCUT2D eigenvalue weighted by Gasteiger charge is -2.30. The molecule has 2 aromatic rings. The zero-order valence-corrected chi connectivity index (χ0v) is 15.4. The van der Waals surface area contributed by atoms with Crippen LogP contribution in [-0.2, 0) is 14.8 Å². The summed E-state index contributed by atoms with van der Waals surface area (Å²) < 4.78 is 39.6. The Kier molecular flexibility index (Phi) is 5.58. The second kappa shape index (κ2) is 7.70. The van der Waals surface area contributed by atoms with E-state index in [1.807, 2.05) is 32.2 Å². The molecular formula is C18H24N2O4S. The minimum Gasteiger partial charge on any atom is -0.493 e. The van der Waals surface area contributed by atoms with Crippen LogP contribution >= 0.6 is 0 Å². The van der Waals surface area contributed by atoms with Crippen LogP contribution in [0.1, 0.15) is 6.92 Å². The van der Waals surface area contributed by atoms with Gasteiger partial charge in [0.25, 0.3) is 0 Å². The van der Waals surface area contributed by atoms with E-state index in [4.69, 9.17) is 9.47 Å². The van der Waals surface area contributed by atoms with Gasteiger partial charge in [-0.1, -0.05) is 24.3 Å². The third kappa shape index (κ3) is 4.12. The van der Waals surface area contributed by atoms with Gasteiger partial charge in [0.05, 0.1) is 24.2 Å². The van der Waals surface area contributed by atoms with Crippen molar-refractivity contribution < 1.29 is 17.9 Å². The van der Waals surface area contributed by atoms with Gasteiger partial charge in [-0.25, -0.2) is 13.1 Å². The normalized spacial score (nSPS) is 19.2. The fourth-order valence-electron chi connectivity index (χ4n) is 3.03. The lowest BCUT2D eigenvalue weighted by Crippen LogP contribution is -2.45. The Hall–Kier alpha value is -1.67. The Labute approximate surface area is 148 Å². The fraction of sp³-hybridized carbons (Fsp3) is 0.444. The minimum absolute atomic E-state index is 0.137. The average Bonchev–Trinajstić information content (AvgIpc) is 2.60. The highest BCUT2D eigenvalue weighted by atomic mass is 32.2. The summed E-state index contributed by atoms with van der Waals surface area (Å²) in [5.74, 6) is 0.689. The molecule has 0 radical (unpaired) electrons. The van der Waals surface area contributed by atoms with Crippen LogP contribution in [0.2, 0.25) is 0 Å². The van der Waals surface area contributed by atoms with Gasteiger partial charge in [-0.3, -0.25) is 0 Å². The summed E-state index contributed by atoms with van der Waals surface area (Å²) in [6.45, 7) is 4.89. The summed E-state index contributed by atoms with van der Waals surface area (Å²) in [4.78, 5) is 2.39. The van der Waals surface area contributed by atoms with Crippen LogP contribution in [-0.4, -0.2) is 59.3 Å². The van der Waals surface area contributed by atoms with Gasteiger partial charge >= 0.3 is 0 Å². The van der Waals surface area contributed by atoms with Gasteiger partial charge in [-0.05, 0) is 26.1 Å². The number of morpholine rings is 1. The summed E-state index contributed by atoms with van der Waals surface area (Å²) in [7, 11) is -1.64. The highest BCUT2D eigenvalue weighted by Crippen LogP contribution is 2.31. The maximum Gasteiger partial charge on any atom is 0.241 e. The first-order valence-corrected chi connectivity index (χ1v) is 9.94. The summed E-state index contributed by atoms with van der Waals surface area (Å²) in [6.07, 6.45) is -0.137. The van der Waals surface area contributed by atoms with Crippen LogP contribution in [0.15, 0.2) is 41.3 Å². The number of sulfonamides is 1. The summed E-state index contributed by atoms with van der Waals surface area (Å²) in [5, 5.41) is 1.45. The summed E-state index contributed by atoms with van der Waals surface area (Å²) in [6, 6.07) is 10.7. The molecule has 25 heavy (non-hydrogen) atoms. The van der Waals surface area contributed by atoms with Gasteiger partial charge in [0.2, 0.25) is 10.0 Å². The molecule has 7 heteroatoms. The predicted octanol–water partition coefficient (Wildman–Crippen LogP) is 1.85. The third-order valence-corrected chi connectivity index (χ3v) is 5.76. The lowest BCUT2D eigenvalue weighted by molar-refractivity contribution is -0.0156. The molecule has 0 bridgehead atoms. The van der Waals surface area contributed by atoms with E-state index in [-0.39, 0.29) is 17.5 Å². The summed E-state index contributed by atoms with van der Waals surface area (Å²) >= 11 is 0. The largest absolute Gasteiger partial charge is 0.493 e. The molecule has 3 rings (SSSR count). The van der Waals surface area contributed by atoms with Crippen LogP contribution in [0.3, 0.4) is 0 Å². The van der Waals surface area contributed by atoms with Crippen LogP contribution in [0.4, 0.5) is 0 Å². The first kappa shape index (κ1) is 18.1. The van der Waals surface area contributed by atoms with Crippen molar-refractivity contribution in [3.8, 4) is 5.75 Å². The molecule has 1 saturated heterocycles. The van der Waals surface area contributed by atoms with E-state index in [2.05, 4.69) is 9.62 Å². The molecule has 1 N–H and O–H groups in total. The molecule has 0 unspecified atom stereocenters. The number of nitrogens with zero attached hydrogens (tertiary/aromatic N) is 1. The predicted molar refractivity (Wildman–Crippen MR) is 97.5 cm³/mol. The Bertz CT molecular complexity index is 838. The van der Waals surface area contributed by atoms with Gasteiger partial charge < -0.3 is 14.4 Å². The maximum atomic E-state index is 12.8. The van der Waals surface area contributed by atoms with Gasteiger partial charge in [0.1, 0.15) is 5.75 Å². The molecule has 1 fully saturated rings. The van der Waals surface area contributed by atoms with Crippen molar-refractivity contribution >= 4 is 20.8 Å². The standard InChI is InChI=1S/C18H24N2O4S/c1-3-23-17-8-9-18(16-7-5-4-6-15(16)17)25(21,22)19-12-14-13-20(2)10-11-24-14/h4-9,14,19H,3,10-13H2,1-2H3/t14-/m1/s1. The number of fused-ring (bicyclic) bond motifs is 1. The quantitative estimate of drug-likeness (QED) is 0.847. The van der Waals surface area contributed by atoms with Crippen molar-refractivity contribution in [1.82, 2.24) is 9.62 Å². The van der Waals surface area contributed by atoms with Gasteiger partial charge in [0, 0.05) is 30.4 Å². The molecule has 1 heterocycles. The average molecular weight is 364 g/mol. The second-order valence-corrected chi connectivity index (χ2v) is 7.88. The molecule has 0 amide bonds.